The summed E-state index contributed by atoms with van der Waals surface area (Å²) in [7, 11) is -2.10. The topological polar surface area (TPSA) is 92.5 Å². The molecule has 0 spiro atoms. The van der Waals surface area contributed by atoms with Crippen molar-refractivity contribution in [2.24, 2.45) is 5.73 Å². The second-order valence-electron chi connectivity index (χ2n) is 5.33. The van der Waals surface area contributed by atoms with Gasteiger partial charge in [-0.15, -0.1) is 12.4 Å². The van der Waals surface area contributed by atoms with E-state index in [9.17, 15) is 13.2 Å². The van der Waals surface area contributed by atoms with Crippen LogP contribution in [0.15, 0.2) is 29.2 Å². The van der Waals surface area contributed by atoms with Crippen molar-refractivity contribution >= 4 is 28.3 Å². The highest BCUT2D eigenvalue weighted by Crippen LogP contribution is 2.17. The van der Waals surface area contributed by atoms with E-state index >= 15 is 0 Å². The Morgan fingerprint density at radius 2 is 1.96 bits per heavy atom. The van der Waals surface area contributed by atoms with E-state index in [1.165, 1.54) is 12.1 Å². The van der Waals surface area contributed by atoms with Gasteiger partial charge in [-0.2, -0.15) is 0 Å². The summed E-state index contributed by atoms with van der Waals surface area (Å²) in [5.41, 5.74) is 5.63. The number of nitrogens with zero attached hydrogens (tertiary/aromatic N) is 1. The van der Waals surface area contributed by atoms with Crippen LogP contribution < -0.4 is 10.5 Å². The number of rotatable bonds is 8. The molecule has 0 saturated carbocycles. The highest BCUT2D eigenvalue weighted by Gasteiger charge is 2.24. The molecule has 23 heavy (non-hydrogen) atoms. The van der Waals surface area contributed by atoms with Crippen molar-refractivity contribution in [3.05, 3.63) is 29.8 Å². The number of hydrogen-bond donors (Lipinski definition) is 2. The summed E-state index contributed by atoms with van der Waals surface area (Å²) in [5.74, 6) is -0.296. The molecule has 3 N–H and O–H groups in total. The number of carbonyl (C=O) groups is 1. The van der Waals surface area contributed by atoms with Crippen molar-refractivity contribution in [3.63, 3.8) is 0 Å². The molecule has 8 heteroatoms. The maximum Gasteiger partial charge on any atom is 0.254 e. The molecule has 1 amide bonds. The van der Waals surface area contributed by atoms with E-state index in [4.69, 9.17) is 5.73 Å². The highest BCUT2D eigenvalue weighted by molar-refractivity contribution is 7.89. The molecule has 0 radical (unpaired) electrons. The number of nitrogens with two attached hydrogens (primary N) is 1. The molecule has 132 valence electrons. The monoisotopic (exact) mass is 363 g/mol. The molecule has 6 nitrogen and oxygen atoms in total. The third-order valence-corrected chi connectivity index (χ3v) is 4.96. The molecule has 1 aromatic rings. The van der Waals surface area contributed by atoms with E-state index in [1.54, 1.807) is 31.0 Å². The number of halogens is 1. The van der Waals surface area contributed by atoms with Gasteiger partial charge >= 0.3 is 0 Å². The van der Waals surface area contributed by atoms with Gasteiger partial charge in [-0.25, -0.2) is 13.1 Å². The molecule has 0 aliphatic carbocycles. The molecule has 1 rings (SSSR count). The van der Waals surface area contributed by atoms with Gasteiger partial charge in [0.15, 0.2) is 0 Å². The lowest BCUT2D eigenvalue weighted by Gasteiger charge is -2.19. The van der Waals surface area contributed by atoms with Crippen LogP contribution in [-0.2, 0) is 10.0 Å². The van der Waals surface area contributed by atoms with Crippen LogP contribution in [-0.4, -0.2) is 45.4 Å². The van der Waals surface area contributed by atoms with Crippen LogP contribution in [0.2, 0.25) is 0 Å². The van der Waals surface area contributed by atoms with Gasteiger partial charge in [-0.05, 0) is 25.5 Å². The smallest absolute Gasteiger partial charge is 0.254 e. The molecule has 0 aliphatic rings. The maximum absolute atomic E-state index is 12.5. The van der Waals surface area contributed by atoms with Crippen LogP contribution in [0.5, 0.6) is 0 Å². The van der Waals surface area contributed by atoms with Crippen molar-refractivity contribution in [1.82, 2.24) is 9.62 Å². The van der Waals surface area contributed by atoms with E-state index < -0.39 is 16.1 Å². The minimum Gasteiger partial charge on any atom is -0.342 e. The van der Waals surface area contributed by atoms with Crippen molar-refractivity contribution in [3.8, 4) is 0 Å². The fourth-order valence-electron chi connectivity index (χ4n) is 1.96. The summed E-state index contributed by atoms with van der Waals surface area (Å²) in [6.45, 7) is 4.49. The van der Waals surface area contributed by atoms with Crippen molar-refractivity contribution in [2.75, 3.05) is 20.1 Å². The second kappa shape index (κ2) is 9.87. The second-order valence-corrected chi connectivity index (χ2v) is 7.02. The summed E-state index contributed by atoms with van der Waals surface area (Å²) in [5, 5.41) is 0. The lowest BCUT2D eigenvalue weighted by Crippen LogP contribution is -2.39. The van der Waals surface area contributed by atoms with Crippen LogP contribution in [0.25, 0.3) is 0 Å². The fraction of sp³-hybridized carbons (Fsp3) is 0.533. The van der Waals surface area contributed by atoms with Gasteiger partial charge in [0.05, 0.1) is 10.5 Å². The molecule has 0 unspecified atom stereocenters. The van der Waals surface area contributed by atoms with Crippen LogP contribution in [0.3, 0.4) is 0 Å². The van der Waals surface area contributed by atoms with Crippen LogP contribution in [0.1, 0.15) is 37.0 Å². The highest BCUT2D eigenvalue weighted by atomic mass is 35.5. The Bertz CT molecular complexity index is 608. The van der Waals surface area contributed by atoms with Crippen LogP contribution in [0.4, 0.5) is 0 Å². The Balaban J connectivity index is 0.00000484. The maximum atomic E-state index is 12.5. The van der Waals surface area contributed by atoms with Crippen molar-refractivity contribution in [2.45, 2.75) is 37.6 Å². The normalized spacial score (nSPS) is 12.3. The molecule has 0 fully saturated rings. The Morgan fingerprint density at radius 3 is 2.52 bits per heavy atom. The van der Waals surface area contributed by atoms with E-state index in [0.717, 1.165) is 12.8 Å². The summed E-state index contributed by atoms with van der Waals surface area (Å²) in [6, 6.07) is 5.83. The number of sulfonamides is 1. The quantitative estimate of drug-likeness (QED) is 0.733. The van der Waals surface area contributed by atoms with Crippen LogP contribution >= 0.6 is 12.4 Å². The minimum absolute atomic E-state index is 0. The van der Waals surface area contributed by atoms with Gasteiger partial charge in [0.25, 0.3) is 5.91 Å². The molecule has 1 aromatic carbocycles. The van der Waals surface area contributed by atoms with Gasteiger partial charge < -0.3 is 10.6 Å². The van der Waals surface area contributed by atoms with Crippen molar-refractivity contribution in [1.29, 1.82) is 0 Å². The number of nitrogens with one attached hydrogen (secondary N) is 1. The van der Waals surface area contributed by atoms with Crippen LogP contribution in [0, 0.1) is 0 Å². The SMILES string of the molecule is CCCCN(C)C(=O)c1ccccc1S(=O)(=O)N[C@@H](C)CN.Cl. The number of benzene rings is 1. The molecule has 0 saturated heterocycles. The first-order valence-electron chi connectivity index (χ1n) is 7.40. The third-order valence-electron chi connectivity index (χ3n) is 3.31. The Hall–Kier alpha value is -1.15. The zero-order valence-corrected chi connectivity index (χ0v) is 15.4. The first kappa shape index (κ1) is 21.9. The Morgan fingerprint density at radius 1 is 1.35 bits per heavy atom. The molecule has 0 heterocycles. The van der Waals surface area contributed by atoms with Gasteiger partial charge in [0, 0.05) is 26.2 Å². The van der Waals surface area contributed by atoms with Gasteiger partial charge in [-0.1, -0.05) is 25.5 Å². The first-order chi connectivity index (χ1) is 10.3. The molecule has 0 bridgehead atoms. The lowest BCUT2D eigenvalue weighted by molar-refractivity contribution is 0.0789. The van der Waals surface area contributed by atoms with Gasteiger partial charge in [0.2, 0.25) is 10.0 Å². The van der Waals surface area contributed by atoms with Crippen molar-refractivity contribution < 1.29 is 13.2 Å². The van der Waals surface area contributed by atoms with E-state index in [1.807, 2.05) is 6.92 Å². The Labute approximate surface area is 144 Å². The molecule has 0 aromatic heterocycles. The van der Waals surface area contributed by atoms with Gasteiger partial charge in [0.1, 0.15) is 0 Å². The number of hydrogen-bond acceptors (Lipinski definition) is 4. The third kappa shape index (κ3) is 6.10. The van der Waals surface area contributed by atoms with E-state index in [0.29, 0.717) is 6.54 Å². The fourth-order valence-corrected chi connectivity index (χ4v) is 3.41. The first-order valence-corrected chi connectivity index (χ1v) is 8.88. The zero-order valence-electron chi connectivity index (χ0n) is 13.8. The molecule has 1 atom stereocenters. The summed E-state index contributed by atoms with van der Waals surface area (Å²) >= 11 is 0. The molecular formula is C15H26ClN3O3S. The average molecular weight is 364 g/mol. The summed E-state index contributed by atoms with van der Waals surface area (Å²) in [4.78, 5) is 14.0. The van der Waals surface area contributed by atoms with E-state index in [2.05, 4.69) is 4.72 Å². The molecular weight excluding hydrogens is 338 g/mol. The lowest BCUT2D eigenvalue weighted by atomic mass is 10.2. The summed E-state index contributed by atoms with van der Waals surface area (Å²) in [6.07, 6.45) is 1.84. The predicted octanol–water partition coefficient (Wildman–Crippen LogP) is 1.61. The van der Waals surface area contributed by atoms with E-state index in [-0.39, 0.29) is 35.3 Å². The zero-order chi connectivity index (χ0) is 16.8. The Kier molecular flexibility index (Phi) is 9.38. The average Bonchev–Trinajstić information content (AvgIpc) is 2.51. The number of carbonyl (C=O) groups excluding carboxylic acids is 1. The largest absolute Gasteiger partial charge is 0.342 e. The predicted molar refractivity (Wildman–Crippen MR) is 94.4 cm³/mol. The molecule has 0 aliphatic heterocycles. The minimum atomic E-state index is -3.78. The van der Waals surface area contributed by atoms with Gasteiger partial charge in [-0.3, -0.25) is 4.79 Å². The summed E-state index contributed by atoms with van der Waals surface area (Å²) < 4.78 is 27.3. The standard InChI is InChI=1S/C15H25N3O3S.ClH/c1-4-5-10-18(3)15(19)13-8-6-7-9-14(13)22(20,21)17-12(2)11-16;/h6-9,12,17H,4-5,10-11,16H2,1-3H3;1H/t12-;/m0./s1. The number of amides is 1. The number of unbranched alkanes of at least 4 members (excludes halogenated alkanes) is 1.